The van der Waals surface area contributed by atoms with Crippen molar-refractivity contribution >= 4 is 23.7 Å². The Morgan fingerprint density at radius 1 is 1.00 bits per heavy atom. The van der Waals surface area contributed by atoms with Gasteiger partial charge in [0.1, 0.15) is 11.5 Å². The predicted molar refractivity (Wildman–Crippen MR) is 124 cm³/mol. The molecule has 0 aromatic heterocycles. The summed E-state index contributed by atoms with van der Waals surface area (Å²) < 4.78 is 11.6. The number of hydrogen-bond acceptors (Lipinski definition) is 4. The third-order valence-electron chi connectivity index (χ3n) is 4.52. The Bertz CT molecular complexity index is 1010. The number of aryl methyl sites for hydroxylation is 1. The zero-order chi connectivity index (χ0) is 21.9. The van der Waals surface area contributed by atoms with Gasteiger partial charge in [-0.2, -0.15) is 5.10 Å². The Morgan fingerprint density at radius 3 is 2.48 bits per heavy atom. The molecule has 6 heteroatoms. The number of ether oxygens (including phenoxy) is 2. The summed E-state index contributed by atoms with van der Waals surface area (Å²) in [6.45, 7) is 3.15. The maximum Gasteiger partial charge on any atom is 0.271 e. The van der Waals surface area contributed by atoms with Crippen LogP contribution >= 0.6 is 11.6 Å². The van der Waals surface area contributed by atoms with Gasteiger partial charge in [-0.05, 0) is 54.4 Å². The van der Waals surface area contributed by atoms with Gasteiger partial charge in [0.15, 0.2) is 0 Å². The maximum atomic E-state index is 12.1. The van der Waals surface area contributed by atoms with Gasteiger partial charge in [-0.25, -0.2) is 5.43 Å². The van der Waals surface area contributed by atoms with Gasteiger partial charge in [0.2, 0.25) is 0 Å². The monoisotopic (exact) mass is 436 g/mol. The van der Waals surface area contributed by atoms with Gasteiger partial charge in [-0.3, -0.25) is 4.79 Å². The second kappa shape index (κ2) is 11.8. The van der Waals surface area contributed by atoms with E-state index >= 15 is 0 Å². The average molecular weight is 437 g/mol. The number of benzene rings is 3. The summed E-state index contributed by atoms with van der Waals surface area (Å²) in [5, 5.41) is 4.59. The first kappa shape index (κ1) is 22.4. The average Bonchev–Trinajstić information content (AvgIpc) is 2.81. The fourth-order valence-electron chi connectivity index (χ4n) is 2.82. The molecule has 0 aliphatic heterocycles. The number of halogens is 1. The molecule has 0 saturated carbocycles. The second-order valence-electron chi connectivity index (χ2n) is 6.80. The third kappa shape index (κ3) is 7.15. The molecule has 5 nitrogen and oxygen atoms in total. The molecular weight excluding hydrogens is 412 g/mol. The molecule has 3 aromatic carbocycles. The van der Waals surface area contributed by atoms with Gasteiger partial charge in [0, 0.05) is 22.6 Å². The lowest BCUT2D eigenvalue weighted by molar-refractivity contribution is 0.0955. The second-order valence-corrected chi connectivity index (χ2v) is 7.23. The zero-order valence-corrected chi connectivity index (χ0v) is 18.1. The number of nitrogens with one attached hydrogen (secondary N) is 1. The van der Waals surface area contributed by atoms with Crippen LogP contribution in [0.25, 0.3) is 0 Å². The number of rotatable bonds is 10. The molecule has 0 bridgehead atoms. The summed E-state index contributed by atoms with van der Waals surface area (Å²) >= 11 is 6.10. The molecule has 0 atom stereocenters. The van der Waals surface area contributed by atoms with Crippen molar-refractivity contribution in [3.05, 3.63) is 94.5 Å². The highest BCUT2D eigenvalue weighted by Gasteiger charge is 2.05. The van der Waals surface area contributed by atoms with Crippen molar-refractivity contribution in [3.8, 4) is 11.5 Å². The summed E-state index contributed by atoms with van der Waals surface area (Å²) in [6, 6.07) is 22.3. The van der Waals surface area contributed by atoms with Crippen LogP contribution in [0.5, 0.6) is 11.5 Å². The molecule has 0 fully saturated rings. The van der Waals surface area contributed by atoms with E-state index in [2.05, 4.69) is 29.6 Å². The van der Waals surface area contributed by atoms with Crippen molar-refractivity contribution in [2.45, 2.75) is 19.8 Å². The van der Waals surface area contributed by atoms with Crippen molar-refractivity contribution < 1.29 is 14.3 Å². The van der Waals surface area contributed by atoms with E-state index < -0.39 is 0 Å². The van der Waals surface area contributed by atoms with E-state index in [1.54, 1.807) is 42.5 Å². The molecule has 0 aliphatic carbocycles. The normalized spacial score (nSPS) is 10.8. The van der Waals surface area contributed by atoms with Crippen LogP contribution in [0.3, 0.4) is 0 Å². The molecule has 3 rings (SSSR count). The molecule has 1 amide bonds. The fourth-order valence-corrected chi connectivity index (χ4v) is 3.00. The Kier molecular flexibility index (Phi) is 8.49. The number of carbonyl (C=O) groups is 1. The molecule has 0 spiro atoms. The lowest BCUT2D eigenvalue weighted by Gasteiger charge is -2.10. The summed E-state index contributed by atoms with van der Waals surface area (Å²) in [5.74, 6) is 1.20. The van der Waals surface area contributed by atoms with E-state index in [4.69, 9.17) is 21.1 Å². The molecular formula is C25H25ClN2O3. The van der Waals surface area contributed by atoms with Crippen LogP contribution in [0.2, 0.25) is 5.02 Å². The van der Waals surface area contributed by atoms with E-state index in [1.165, 1.54) is 11.8 Å². The Balaban J connectivity index is 1.49. The number of amides is 1. The molecule has 3 aromatic rings. The minimum atomic E-state index is -0.287. The smallest absolute Gasteiger partial charge is 0.271 e. The van der Waals surface area contributed by atoms with Crippen molar-refractivity contribution in [2.24, 2.45) is 5.10 Å². The van der Waals surface area contributed by atoms with Crippen LogP contribution in [0.1, 0.15) is 34.8 Å². The summed E-state index contributed by atoms with van der Waals surface area (Å²) in [7, 11) is 0. The first-order valence-corrected chi connectivity index (χ1v) is 10.6. The largest absolute Gasteiger partial charge is 0.493 e. The van der Waals surface area contributed by atoms with Crippen LogP contribution < -0.4 is 14.9 Å². The third-order valence-corrected chi connectivity index (χ3v) is 4.76. The Labute approximate surface area is 187 Å². The van der Waals surface area contributed by atoms with Gasteiger partial charge in [0.25, 0.3) is 5.91 Å². The number of hydrogen-bond donors (Lipinski definition) is 1. The highest BCUT2D eigenvalue weighted by molar-refractivity contribution is 6.30. The van der Waals surface area contributed by atoms with Crippen LogP contribution in [0, 0.1) is 0 Å². The molecule has 0 aliphatic rings. The lowest BCUT2D eigenvalue weighted by atomic mass is 10.2. The number of hydrazone groups is 1. The molecule has 1 N–H and O–H groups in total. The quantitative estimate of drug-likeness (QED) is 0.259. The lowest BCUT2D eigenvalue weighted by Crippen LogP contribution is -2.17. The standard InChI is InChI=1S/C25H25ClN2O3/c1-2-19-9-12-23(13-10-19)30-15-6-16-31-24-14-11-22(26)17-21(24)18-27-28-25(29)20-7-4-3-5-8-20/h3-5,7-14,17-18H,2,6,15-16H2,1H3,(H,28,29)/b27-18+. The van der Waals surface area contributed by atoms with E-state index in [0.717, 1.165) is 18.6 Å². The van der Waals surface area contributed by atoms with E-state index in [9.17, 15) is 4.79 Å². The van der Waals surface area contributed by atoms with Crippen molar-refractivity contribution in [3.63, 3.8) is 0 Å². The van der Waals surface area contributed by atoms with E-state index in [1.807, 2.05) is 18.2 Å². The fraction of sp³-hybridized carbons (Fsp3) is 0.200. The molecule has 31 heavy (non-hydrogen) atoms. The minimum absolute atomic E-state index is 0.287. The van der Waals surface area contributed by atoms with Crippen LogP contribution in [-0.2, 0) is 6.42 Å². The molecule has 0 heterocycles. The zero-order valence-electron chi connectivity index (χ0n) is 17.4. The van der Waals surface area contributed by atoms with Gasteiger partial charge >= 0.3 is 0 Å². The molecule has 0 saturated heterocycles. The maximum absolute atomic E-state index is 12.1. The van der Waals surface area contributed by atoms with Crippen LogP contribution in [-0.4, -0.2) is 25.3 Å². The summed E-state index contributed by atoms with van der Waals surface area (Å²) in [4.78, 5) is 12.1. The van der Waals surface area contributed by atoms with Crippen molar-refractivity contribution in [2.75, 3.05) is 13.2 Å². The number of nitrogens with zero attached hydrogens (tertiary/aromatic N) is 1. The number of carbonyl (C=O) groups excluding carboxylic acids is 1. The SMILES string of the molecule is CCc1ccc(OCCCOc2ccc(Cl)cc2/C=N/NC(=O)c2ccccc2)cc1. The summed E-state index contributed by atoms with van der Waals surface area (Å²) in [5.41, 5.74) is 5.00. The van der Waals surface area contributed by atoms with E-state index in [0.29, 0.717) is 35.1 Å². The predicted octanol–water partition coefficient (Wildman–Crippen LogP) is 5.51. The highest BCUT2D eigenvalue weighted by Crippen LogP contribution is 2.22. The topological polar surface area (TPSA) is 59.9 Å². The molecule has 0 unspecified atom stereocenters. The Hall–Kier alpha value is -3.31. The van der Waals surface area contributed by atoms with Crippen molar-refractivity contribution in [1.82, 2.24) is 5.43 Å². The first-order valence-electron chi connectivity index (χ1n) is 10.2. The van der Waals surface area contributed by atoms with Gasteiger partial charge in [0.05, 0.1) is 19.4 Å². The van der Waals surface area contributed by atoms with E-state index in [-0.39, 0.29) is 5.91 Å². The minimum Gasteiger partial charge on any atom is -0.493 e. The molecule has 160 valence electrons. The van der Waals surface area contributed by atoms with Gasteiger partial charge in [-0.15, -0.1) is 0 Å². The first-order chi connectivity index (χ1) is 15.2. The van der Waals surface area contributed by atoms with Crippen molar-refractivity contribution in [1.29, 1.82) is 0 Å². The summed E-state index contributed by atoms with van der Waals surface area (Å²) in [6.07, 6.45) is 3.25. The highest BCUT2D eigenvalue weighted by atomic mass is 35.5. The van der Waals surface area contributed by atoms with Crippen LogP contribution in [0.15, 0.2) is 77.9 Å². The van der Waals surface area contributed by atoms with Gasteiger partial charge < -0.3 is 9.47 Å². The Morgan fingerprint density at radius 2 is 1.74 bits per heavy atom. The molecule has 0 radical (unpaired) electrons. The van der Waals surface area contributed by atoms with Gasteiger partial charge in [-0.1, -0.05) is 48.9 Å². The van der Waals surface area contributed by atoms with Crippen LogP contribution in [0.4, 0.5) is 0 Å².